The van der Waals surface area contributed by atoms with Gasteiger partial charge in [0.25, 0.3) is 0 Å². The lowest BCUT2D eigenvalue weighted by atomic mass is 10.0. The van der Waals surface area contributed by atoms with Crippen LogP contribution in [0.2, 0.25) is 0 Å². The second kappa shape index (κ2) is 57.4. The third-order valence-electron chi connectivity index (χ3n) is 12.7. The van der Waals surface area contributed by atoms with E-state index < -0.39 is 6.10 Å². The lowest BCUT2D eigenvalue weighted by Gasteiger charge is -2.18. The van der Waals surface area contributed by atoms with E-state index in [1.807, 2.05) is 0 Å². The largest absolute Gasteiger partial charge is 0.462 e. The highest BCUT2D eigenvalue weighted by molar-refractivity contribution is 5.71. The van der Waals surface area contributed by atoms with E-state index in [1.54, 1.807) is 0 Å². The van der Waals surface area contributed by atoms with Gasteiger partial charge in [-0.3, -0.25) is 14.4 Å². The van der Waals surface area contributed by atoms with Crippen LogP contribution in [0.25, 0.3) is 0 Å². The summed E-state index contributed by atoms with van der Waals surface area (Å²) in [7, 11) is 0. The van der Waals surface area contributed by atoms with Gasteiger partial charge >= 0.3 is 17.9 Å². The number of rotatable bonds is 53. The molecule has 0 aliphatic rings. The molecule has 0 aromatic carbocycles. The van der Waals surface area contributed by atoms with E-state index >= 15 is 0 Å². The minimum Gasteiger partial charge on any atom is -0.462 e. The lowest BCUT2D eigenvalue weighted by Crippen LogP contribution is -2.30. The third kappa shape index (κ3) is 55.6. The number of allylic oxidation sites excluding steroid dienone is 12. The topological polar surface area (TPSA) is 78.9 Å². The SMILES string of the molecule is CC/C=C\C/C=C\C/C=C\C/C=C\C/C=C\CCCCCCCC(=O)OCC(COC(=O)CCCCCCCCCCCCCCCCC)OC(=O)CCCCCCC/C=C\CCCCCCCC. The van der Waals surface area contributed by atoms with Crippen LogP contribution in [-0.4, -0.2) is 37.2 Å². The van der Waals surface area contributed by atoms with Gasteiger partial charge in [-0.05, 0) is 89.9 Å². The van der Waals surface area contributed by atoms with Crippen molar-refractivity contribution in [2.45, 2.75) is 297 Å². The average molecular weight is 964 g/mol. The molecule has 0 fully saturated rings. The number of hydrogen-bond donors (Lipinski definition) is 0. The minimum absolute atomic E-state index is 0.0825. The van der Waals surface area contributed by atoms with Crippen molar-refractivity contribution in [1.82, 2.24) is 0 Å². The van der Waals surface area contributed by atoms with Gasteiger partial charge < -0.3 is 14.2 Å². The van der Waals surface area contributed by atoms with Crippen LogP contribution in [0.3, 0.4) is 0 Å². The van der Waals surface area contributed by atoms with E-state index in [9.17, 15) is 14.4 Å². The summed E-state index contributed by atoms with van der Waals surface area (Å²) in [6.45, 7) is 6.52. The quantitative estimate of drug-likeness (QED) is 0.0262. The number of hydrogen-bond acceptors (Lipinski definition) is 6. The molecule has 0 rings (SSSR count). The average Bonchev–Trinajstić information content (AvgIpc) is 3.35. The molecule has 0 heterocycles. The molecule has 0 aliphatic heterocycles. The monoisotopic (exact) mass is 963 g/mol. The van der Waals surface area contributed by atoms with Gasteiger partial charge in [-0.15, -0.1) is 0 Å². The first-order valence-corrected chi connectivity index (χ1v) is 29.4. The summed E-state index contributed by atoms with van der Waals surface area (Å²) in [5, 5.41) is 0. The van der Waals surface area contributed by atoms with Gasteiger partial charge in [0.1, 0.15) is 13.2 Å². The van der Waals surface area contributed by atoms with Crippen molar-refractivity contribution in [1.29, 1.82) is 0 Å². The van der Waals surface area contributed by atoms with Crippen molar-refractivity contribution in [3.8, 4) is 0 Å². The Balaban J connectivity index is 4.40. The standard InChI is InChI=1S/C63H110O6/c1-4-7-10-13-16-19-22-25-28-29-30-31-32-33-36-38-41-44-47-50-53-56-62(65)68-59-60(69-63(66)57-54-51-48-45-42-39-35-27-24-21-18-15-12-9-6-3)58-67-61(64)55-52-49-46-43-40-37-34-26-23-20-17-14-11-8-5-2/h7,10,16,19,25,27-28,30-31,33,35-36,60H,4-6,8-9,11-15,17-18,20-24,26,29,32,34,37-59H2,1-3H3/b10-7-,19-16-,28-25-,31-30-,35-27-,36-33-. The first-order chi connectivity index (χ1) is 34.0. The maximum absolute atomic E-state index is 12.9. The van der Waals surface area contributed by atoms with Crippen LogP contribution in [-0.2, 0) is 28.6 Å². The van der Waals surface area contributed by atoms with E-state index in [2.05, 4.69) is 93.7 Å². The van der Waals surface area contributed by atoms with Gasteiger partial charge in [0.05, 0.1) is 0 Å². The summed E-state index contributed by atoms with van der Waals surface area (Å²) >= 11 is 0. The Morgan fingerprint density at radius 1 is 0.304 bits per heavy atom. The molecule has 1 unspecified atom stereocenters. The van der Waals surface area contributed by atoms with E-state index in [0.717, 1.165) is 122 Å². The van der Waals surface area contributed by atoms with Crippen LogP contribution in [0.5, 0.6) is 0 Å². The van der Waals surface area contributed by atoms with Gasteiger partial charge in [-0.25, -0.2) is 0 Å². The Labute approximate surface area is 427 Å². The van der Waals surface area contributed by atoms with E-state index in [4.69, 9.17) is 14.2 Å². The van der Waals surface area contributed by atoms with Crippen LogP contribution in [0.4, 0.5) is 0 Å². The number of ether oxygens (including phenoxy) is 3. The smallest absolute Gasteiger partial charge is 0.306 e. The first-order valence-electron chi connectivity index (χ1n) is 29.4. The Kier molecular flexibility index (Phi) is 54.8. The van der Waals surface area contributed by atoms with Crippen molar-refractivity contribution >= 4 is 17.9 Å². The van der Waals surface area contributed by atoms with Gasteiger partial charge in [0.15, 0.2) is 6.10 Å². The second-order valence-corrected chi connectivity index (χ2v) is 19.5. The molecule has 0 radical (unpaired) electrons. The summed E-state index contributed by atoms with van der Waals surface area (Å²) in [4.78, 5) is 38.2. The zero-order chi connectivity index (χ0) is 50.0. The van der Waals surface area contributed by atoms with Crippen molar-refractivity contribution < 1.29 is 28.6 Å². The van der Waals surface area contributed by atoms with E-state index in [-0.39, 0.29) is 31.1 Å². The number of carbonyl (C=O) groups is 3. The van der Waals surface area contributed by atoms with Crippen LogP contribution in [0.15, 0.2) is 72.9 Å². The Morgan fingerprint density at radius 3 is 0.899 bits per heavy atom. The molecule has 6 nitrogen and oxygen atoms in total. The highest BCUT2D eigenvalue weighted by Crippen LogP contribution is 2.16. The summed E-state index contributed by atoms with van der Waals surface area (Å²) in [6, 6.07) is 0. The Hall–Kier alpha value is -3.15. The molecular weight excluding hydrogens is 853 g/mol. The Morgan fingerprint density at radius 2 is 0.565 bits per heavy atom. The van der Waals surface area contributed by atoms with Crippen molar-refractivity contribution in [3.05, 3.63) is 72.9 Å². The number of unbranched alkanes of at least 4 members (excludes halogenated alkanes) is 30. The summed E-state index contributed by atoms with van der Waals surface area (Å²) in [5.41, 5.74) is 0. The maximum atomic E-state index is 12.9. The predicted molar refractivity (Wildman–Crippen MR) is 298 cm³/mol. The molecule has 0 saturated carbocycles. The molecule has 6 heteroatoms. The fourth-order valence-electron chi connectivity index (χ4n) is 8.29. The van der Waals surface area contributed by atoms with Crippen LogP contribution in [0.1, 0.15) is 290 Å². The molecule has 0 amide bonds. The van der Waals surface area contributed by atoms with E-state index in [0.29, 0.717) is 19.3 Å². The van der Waals surface area contributed by atoms with Crippen LogP contribution in [0, 0.1) is 0 Å². The molecule has 69 heavy (non-hydrogen) atoms. The zero-order valence-electron chi connectivity index (χ0n) is 45.6. The normalized spacial score (nSPS) is 12.6. The maximum Gasteiger partial charge on any atom is 0.306 e. The van der Waals surface area contributed by atoms with Crippen LogP contribution < -0.4 is 0 Å². The highest BCUT2D eigenvalue weighted by Gasteiger charge is 2.19. The van der Waals surface area contributed by atoms with Crippen molar-refractivity contribution in [3.63, 3.8) is 0 Å². The summed E-state index contributed by atoms with van der Waals surface area (Å²) in [5.74, 6) is -0.899. The van der Waals surface area contributed by atoms with Gasteiger partial charge in [0, 0.05) is 19.3 Å². The van der Waals surface area contributed by atoms with Crippen molar-refractivity contribution in [2.75, 3.05) is 13.2 Å². The van der Waals surface area contributed by atoms with Gasteiger partial charge in [0.2, 0.25) is 0 Å². The Bertz CT molecular complexity index is 1290. The number of carbonyl (C=O) groups excluding carboxylic acids is 3. The summed E-state index contributed by atoms with van der Waals surface area (Å²) < 4.78 is 16.9. The molecule has 0 spiro atoms. The molecule has 0 bridgehead atoms. The van der Waals surface area contributed by atoms with E-state index in [1.165, 1.54) is 128 Å². The molecule has 0 saturated heterocycles. The van der Waals surface area contributed by atoms with Gasteiger partial charge in [-0.2, -0.15) is 0 Å². The summed E-state index contributed by atoms with van der Waals surface area (Å²) in [6.07, 6.45) is 73.2. The molecular formula is C63H110O6. The fraction of sp³-hybridized carbons (Fsp3) is 0.762. The van der Waals surface area contributed by atoms with Gasteiger partial charge in [-0.1, -0.05) is 254 Å². The molecule has 0 N–H and O–H groups in total. The molecule has 0 aliphatic carbocycles. The predicted octanol–water partition coefficient (Wildman–Crippen LogP) is 19.8. The highest BCUT2D eigenvalue weighted by atomic mass is 16.6. The molecule has 398 valence electrons. The van der Waals surface area contributed by atoms with Crippen LogP contribution >= 0.6 is 0 Å². The third-order valence-corrected chi connectivity index (χ3v) is 12.7. The lowest BCUT2D eigenvalue weighted by molar-refractivity contribution is -0.167. The fourth-order valence-corrected chi connectivity index (χ4v) is 8.29. The second-order valence-electron chi connectivity index (χ2n) is 19.5. The molecule has 1 atom stereocenters. The van der Waals surface area contributed by atoms with Crippen molar-refractivity contribution in [2.24, 2.45) is 0 Å². The first kappa shape index (κ1) is 65.8. The number of esters is 3. The minimum atomic E-state index is -0.787. The zero-order valence-corrected chi connectivity index (χ0v) is 45.6. The molecule has 0 aromatic rings. The molecule has 0 aromatic heterocycles.